The molecule has 3 aromatic carbocycles. The van der Waals surface area contributed by atoms with Crippen LogP contribution in [0.3, 0.4) is 0 Å². The summed E-state index contributed by atoms with van der Waals surface area (Å²) in [6.45, 7) is 0. The second-order valence-corrected chi connectivity index (χ2v) is 7.28. The molecule has 0 saturated carbocycles. The number of methoxy groups -OCH3 is 3. The number of ether oxygens (including phenoxy) is 3. The Bertz CT molecular complexity index is 1490. The van der Waals surface area contributed by atoms with Crippen LogP contribution < -0.4 is 19.8 Å². The topological polar surface area (TPSA) is 71.0 Å². The van der Waals surface area contributed by atoms with Crippen LogP contribution in [0.2, 0.25) is 0 Å². The molecule has 0 bridgehead atoms. The van der Waals surface area contributed by atoms with Gasteiger partial charge in [-0.15, -0.1) is 0 Å². The molecule has 0 radical (unpaired) electrons. The summed E-state index contributed by atoms with van der Waals surface area (Å²) in [5.41, 5.74) is 3.73. The van der Waals surface area contributed by atoms with Crippen molar-refractivity contribution in [3.05, 3.63) is 77.3 Å². The van der Waals surface area contributed by atoms with Crippen LogP contribution in [0.4, 0.5) is 0 Å². The average molecular weight is 428 g/mol. The van der Waals surface area contributed by atoms with Crippen molar-refractivity contribution in [1.82, 2.24) is 0 Å². The van der Waals surface area contributed by atoms with E-state index in [4.69, 9.17) is 23.0 Å². The molecule has 160 valence electrons. The average Bonchev–Trinajstić information content (AvgIpc) is 3.24. The molecule has 0 aliphatic rings. The van der Waals surface area contributed by atoms with Crippen molar-refractivity contribution in [1.29, 1.82) is 0 Å². The van der Waals surface area contributed by atoms with Crippen LogP contribution in [0.1, 0.15) is 0 Å². The lowest BCUT2D eigenvalue weighted by Crippen LogP contribution is -2.03. The molecule has 0 N–H and O–H groups in total. The fraction of sp³-hybridized carbons (Fsp3) is 0.115. The molecule has 0 fully saturated rings. The number of hydrogen-bond donors (Lipinski definition) is 0. The Morgan fingerprint density at radius 1 is 0.688 bits per heavy atom. The molecular weight excluding hydrogens is 408 g/mol. The molecule has 0 unspecified atom stereocenters. The van der Waals surface area contributed by atoms with E-state index in [9.17, 15) is 4.79 Å². The van der Waals surface area contributed by atoms with Gasteiger partial charge < -0.3 is 23.0 Å². The van der Waals surface area contributed by atoms with Gasteiger partial charge in [0, 0.05) is 22.4 Å². The fourth-order valence-electron chi connectivity index (χ4n) is 3.84. The Hall–Kier alpha value is -4.19. The Labute approximate surface area is 183 Å². The van der Waals surface area contributed by atoms with Gasteiger partial charge >= 0.3 is 5.63 Å². The first-order valence-electron chi connectivity index (χ1n) is 9.97. The van der Waals surface area contributed by atoms with Gasteiger partial charge in [-0.25, -0.2) is 4.79 Å². The Balaban J connectivity index is 1.66. The first-order valence-corrected chi connectivity index (χ1v) is 9.97. The Morgan fingerprint density at radius 3 is 2.16 bits per heavy atom. The molecule has 2 heterocycles. The number of furan rings is 1. The minimum atomic E-state index is -0.439. The monoisotopic (exact) mass is 428 g/mol. The van der Waals surface area contributed by atoms with Crippen LogP contribution in [0.25, 0.3) is 44.2 Å². The molecule has 0 atom stereocenters. The van der Waals surface area contributed by atoms with Gasteiger partial charge in [0.15, 0.2) is 11.5 Å². The molecule has 0 aliphatic carbocycles. The second-order valence-electron chi connectivity index (χ2n) is 7.28. The third-order valence-electron chi connectivity index (χ3n) is 5.52. The summed E-state index contributed by atoms with van der Waals surface area (Å²) >= 11 is 0. The predicted molar refractivity (Wildman–Crippen MR) is 123 cm³/mol. The van der Waals surface area contributed by atoms with Crippen LogP contribution in [0.15, 0.2) is 80.6 Å². The highest BCUT2D eigenvalue weighted by Gasteiger charge is 2.15. The van der Waals surface area contributed by atoms with Gasteiger partial charge in [-0.05, 0) is 47.5 Å². The van der Waals surface area contributed by atoms with Crippen LogP contribution in [-0.2, 0) is 0 Å². The lowest BCUT2D eigenvalue weighted by molar-refractivity contribution is 0.355. The van der Waals surface area contributed by atoms with Gasteiger partial charge in [0.25, 0.3) is 0 Å². The van der Waals surface area contributed by atoms with Gasteiger partial charge in [-0.2, -0.15) is 0 Å². The minimum absolute atomic E-state index is 0.437. The summed E-state index contributed by atoms with van der Waals surface area (Å²) in [5.74, 6) is 1.91. The fourth-order valence-corrected chi connectivity index (χ4v) is 3.84. The van der Waals surface area contributed by atoms with Gasteiger partial charge in [0.05, 0.1) is 33.2 Å². The molecule has 6 nitrogen and oxygen atoms in total. The Morgan fingerprint density at radius 2 is 1.44 bits per heavy atom. The maximum Gasteiger partial charge on any atom is 0.344 e. The first-order chi connectivity index (χ1) is 15.6. The van der Waals surface area contributed by atoms with E-state index in [-0.39, 0.29) is 0 Å². The Kier molecular flexibility index (Phi) is 4.82. The second kappa shape index (κ2) is 7.81. The maximum absolute atomic E-state index is 12.7. The molecule has 5 aromatic rings. The van der Waals surface area contributed by atoms with E-state index in [1.807, 2.05) is 36.4 Å². The molecule has 0 spiro atoms. The third-order valence-corrected chi connectivity index (χ3v) is 5.52. The van der Waals surface area contributed by atoms with Crippen molar-refractivity contribution < 1.29 is 23.0 Å². The summed E-state index contributed by atoms with van der Waals surface area (Å²) in [6.07, 6.45) is 1.71. The van der Waals surface area contributed by atoms with Gasteiger partial charge in [0.2, 0.25) is 0 Å². The zero-order valence-electron chi connectivity index (χ0n) is 17.8. The van der Waals surface area contributed by atoms with E-state index in [1.54, 1.807) is 51.9 Å². The zero-order chi connectivity index (χ0) is 22.2. The highest BCUT2D eigenvalue weighted by atomic mass is 16.5. The lowest BCUT2D eigenvalue weighted by Gasteiger charge is -2.09. The minimum Gasteiger partial charge on any atom is -0.497 e. The number of rotatable bonds is 5. The molecule has 6 heteroatoms. The standard InChI is InChI=1S/C26H20O6/c1-28-18-7-4-15(5-8-18)21-14-31-24-13-23-17(11-20(21)24)10-19(26(27)32-23)16-6-9-22(29-2)25(12-16)30-3/h4-14H,1-3H3. The number of hydrogen-bond acceptors (Lipinski definition) is 6. The van der Waals surface area contributed by atoms with E-state index in [0.717, 1.165) is 27.6 Å². The molecule has 0 saturated heterocycles. The molecular formula is C26H20O6. The quantitative estimate of drug-likeness (QED) is 0.325. The van der Waals surface area contributed by atoms with Crippen LogP contribution >= 0.6 is 0 Å². The molecule has 32 heavy (non-hydrogen) atoms. The van der Waals surface area contributed by atoms with Crippen LogP contribution in [0, 0.1) is 0 Å². The summed E-state index contributed by atoms with van der Waals surface area (Å²) < 4.78 is 27.3. The van der Waals surface area contributed by atoms with E-state index in [0.29, 0.717) is 33.8 Å². The number of fused-ring (bicyclic) bond motifs is 2. The van der Waals surface area contributed by atoms with E-state index in [2.05, 4.69) is 0 Å². The first kappa shape index (κ1) is 19.8. The van der Waals surface area contributed by atoms with Crippen molar-refractivity contribution >= 4 is 21.9 Å². The van der Waals surface area contributed by atoms with E-state index < -0.39 is 5.63 Å². The third kappa shape index (κ3) is 3.26. The van der Waals surface area contributed by atoms with Gasteiger partial charge in [0.1, 0.15) is 16.9 Å². The van der Waals surface area contributed by atoms with E-state index in [1.165, 1.54) is 0 Å². The predicted octanol–water partition coefficient (Wildman–Crippen LogP) is 5.90. The number of benzene rings is 3. The van der Waals surface area contributed by atoms with Crippen LogP contribution in [0.5, 0.6) is 17.2 Å². The zero-order valence-corrected chi connectivity index (χ0v) is 17.8. The van der Waals surface area contributed by atoms with Crippen LogP contribution in [-0.4, -0.2) is 21.3 Å². The molecule has 0 aliphatic heterocycles. The maximum atomic E-state index is 12.7. The van der Waals surface area contributed by atoms with Crippen molar-refractivity contribution in [2.24, 2.45) is 0 Å². The molecule has 0 amide bonds. The van der Waals surface area contributed by atoms with Crippen molar-refractivity contribution in [3.63, 3.8) is 0 Å². The SMILES string of the molecule is COc1ccc(-c2coc3cc4oc(=O)c(-c5ccc(OC)c(OC)c5)cc4cc23)cc1. The lowest BCUT2D eigenvalue weighted by atomic mass is 10.0. The van der Waals surface area contributed by atoms with E-state index >= 15 is 0 Å². The smallest absolute Gasteiger partial charge is 0.344 e. The summed E-state index contributed by atoms with van der Waals surface area (Å²) in [7, 11) is 4.76. The normalized spacial score (nSPS) is 11.1. The summed E-state index contributed by atoms with van der Waals surface area (Å²) in [4.78, 5) is 12.7. The largest absolute Gasteiger partial charge is 0.497 e. The summed E-state index contributed by atoms with van der Waals surface area (Å²) in [6, 6.07) is 18.6. The van der Waals surface area contributed by atoms with Crippen molar-refractivity contribution in [3.8, 4) is 39.5 Å². The molecule has 2 aromatic heterocycles. The summed E-state index contributed by atoms with van der Waals surface area (Å²) in [5, 5.41) is 1.72. The van der Waals surface area contributed by atoms with Crippen molar-refractivity contribution in [2.45, 2.75) is 0 Å². The highest BCUT2D eigenvalue weighted by Crippen LogP contribution is 2.36. The van der Waals surface area contributed by atoms with Gasteiger partial charge in [-0.1, -0.05) is 18.2 Å². The molecule has 5 rings (SSSR count). The van der Waals surface area contributed by atoms with Crippen molar-refractivity contribution in [2.75, 3.05) is 21.3 Å². The highest BCUT2D eigenvalue weighted by molar-refractivity contribution is 6.02. The van der Waals surface area contributed by atoms with Gasteiger partial charge in [-0.3, -0.25) is 0 Å².